The number of hydrogen-bond acceptors (Lipinski definition) is 3. The second-order valence-electron chi connectivity index (χ2n) is 4.52. The number of halogens is 1. The Morgan fingerprint density at radius 2 is 2.10 bits per heavy atom. The molecule has 0 atom stereocenters. The molecule has 0 aliphatic carbocycles. The van der Waals surface area contributed by atoms with Gasteiger partial charge in [-0.15, -0.1) is 0 Å². The minimum atomic E-state index is -0.950. The van der Waals surface area contributed by atoms with Gasteiger partial charge in [0.25, 0.3) is 0 Å². The van der Waals surface area contributed by atoms with Crippen LogP contribution in [0, 0.1) is 0 Å². The summed E-state index contributed by atoms with van der Waals surface area (Å²) in [4.78, 5) is 29.2. The van der Waals surface area contributed by atoms with Gasteiger partial charge in [-0.2, -0.15) is 0 Å². The van der Waals surface area contributed by atoms with Crippen LogP contribution in [0.3, 0.4) is 0 Å². The van der Waals surface area contributed by atoms with E-state index in [2.05, 4.69) is 4.98 Å². The first kappa shape index (κ1) is 14.4. The van der Waals surface area contributed by atoms with Crippen LogP contribution in [0.1, 0.15) is 12.8 Å². The quantitative estimate of drug-likeness (QED) is 0.813. The largest absolute Gasteiger partial charge is 0.465 e. The maximum Gasteiger partial charge on any atom is 0.407 e. The molecule has 20 heavy (non-hydrogen) atoms. The van der Waals surface area contributed by atoms with E-state index < -0.39 is 12.1 Å². The summed E-state index contributed by atoms with van der Waals surface area (Å²) in [6.07, 6.45) is 1.60. The number of hydrogen-bond donors (Lipinski definition) is 2. The summed E-state index contributed by atoms with van der Waals surface area (Å²) in [6, 6.07) is 2.55. The number of likely N-dealkylation sites (tertiary alicyclic amines) is 1. The first-order valence-electron chi connectivity index (χ1n) is 6.17. The van der Waals surface area contributed by atoms with Crippen LogP contribution >= 0.6 is 11.6 Å². The van der Waals surface area contributed by atoms with E-state index in [-0.39, 0.29) is 11.2 Å². The monoisotopic (exact) mass is 298 g/mol. The molecule has 3 N–H and O–H groups in total. The first-order valence-corrected chi connectivity index (χ1v) is 6.55. The third-order valence-corrected chi connectivity index (χ3v) is 3.63. The number of amides is 3. The highest BCUT2D eigenvalue weighted by Crippen LogP contribution is 2.28. The summed E-state index contributed by atoms with van der Waals surface area (Å²) in [5.41, 5.74) is 5.89. The number of nitrogens with two attached hydrogens (primary N) is 1. The maximum absolute atomic E-state index is 11.7. The number of piperidine rings is 1. The first-order chi connectivity index (χ1) is 9.50. The molecule has 7 nitrogen and oxygen atoms in total. The van der Waals surface area contributed by atoms with Gasteiger partial charge in [-0.3, -0.25) is 4.90 Å². The zero-order valence-electron chi connectivity index (χ0n) is 10.7. The average Bonchev–Trinajstić information content (AvgIpc) is 2.41. The molecule has 1 aromatic rings. The molecule has 0 radical (unpaired) electrons. The van der Waals surface area contributed by atoms with Crippen LogP contribution in [0.2, 0.25) is 5.15 Å². The summed E-state index contributed by atoms with van der Waals surface area (Å²) in [6.45, 7) is 0.726. The molecule has 108 valence electrons. The van der Waals surface area contributed by atoms with Crippen LogP contribution in [0.4, 0.5) is 15.3 Å². The molecular formula is C12H15ClN4O3. The highest BCUT2D eigenvalue weighted by atomic mass is 35.5. The lowest BCUT2D eigenvalue weighted by Crippen LogP contribution is -2.50. The lowest BCUT2D eigenvalue weighted by atomic mass is 10.0. The van der Waals surface area contributed by atoms with Gasteiger partial charge in [0.1, 0.15) is 0 Å². The molecule has 2 heterocycles. The molecule has 1 aromatic heterocycles. The van der Waals surface area contributed by atoms with E-state index in [0.717, 1.165) is 0 Å². The van der Waals surface area contributed by atoms with Gasteiger partial charge in [0, 0.05) is 25.3 Å². The maximum atomic E-state index is 11.7. The molecule has 0 unspecified atom stereocenters. The molecule has 1 fully saturated rings. The summed E-state index contributed by atoms with van der Waals surface area (Å²) >= 11 is 6.00. The van der Waals surface area contributed by atoms with E-state index in [1.807, 2.05) is 0 Å². The van der Waals surface area contributed by atoms with Gasteiger partial charge in [0.2, 0.25) is 0 Å². The minimum Gasteiger partial charge on any atom is -0.465 e. The van der Waals surface area contributed by atoms with Crippen molar-refractivity contribution in [2.75, 3.05) is 18.0 Å². The van der Waals surface area contributed by atoms with Crippen molar-refractivity contribution in [3.8, 4) is 0 Å². The van der Waals surface area contributed by atoms with Gasteiger partial charge in [-0.25, -0.2) is 14.6 Å². The number of nitrogens with zero attached hydrogens (tertiary/aromatic N) is 3. The van der Waals surface area contributed by atoms with Crippen molar-refractivity contribution < 1.29 is 14.7 Å². The fourth-order valence-corrected chi connectivity index (χ4v) is 2.58. The van der Waals surface area contributed by atoms with Crippen LogP contribution in [0.15, 0.2) is 18.3 Å². The average molecular weight is 299 g/mol. The lowest BCUT2D eigenvalue weighted by Gasteiger charge is -2.36. The molecule has 1 saturated heterocycles. The van der Waals surface area contributed by atoms with Crippen molar-refractivity contribution in [2.45, 2.75) is 18.9 Å². The second kappa shape index (κ2) is 5.96. The predicted octanol–water partition coefficient (Wildman–Crippen LogP) is 1.76. The molecule has 0 spiro atoms. The van der Waals surface area contributed by atoms with Gasteiger partial charge in [0.05, 0.1) is 5.69 Å². The van der Waals surface area contributed by atoms with Crippen molar-refractivity contribution in [2.24, 2.45) is 5.73 Å². The summed E-state index contributed by atoms with van der Waals surface area (Å²) in [5.74, 6) is 0. The number of primary amides is 1. The van der Waals surface area contributed by atoms with Gasteiger partial charge in [-0.05, 0) is 25.0 Å². The Kier molecular flexibility index (Phi) is 4.29. The molecule has 2 rings (SSSR count). The van der Waals surface area contributed by atoms with Crippen molar-refractivity contribution in [1.29, 1.82) is 0 Å². The smallest absolute Gasteiger partial charge is 0.407 e. The highest BCUT2D eigenvalue weighted by Gasteiger charge is 2.30. The van der Waals surface area contributed by atoms with Crippen LogP contribution in [-0.2, 0) is 0 Å². The Labute approximate surface area is 120 Å². The summed E-state index contributed by atoms with van der Waals surface area (Å²) in [5, 5.41) is 9.12. The number of carbonyl (C=O) groups excluding carboxylic acids is 1. The topological polar surface area (TPSA) is 99.8 Å². The summed E-state index contributed by atoms with van der Waals surface area (Å²) < 4.78 is 0. The molecule has 0 aromatic carbocycles. The molecule has 3 amide bonds. The Morgan fingerprint density at radius 1 is 1.45 bits per heavy atom. The molecular weight excluding hydrogens is 284 g/mol. The van der Waals surface area contributed by atoms with E-state index in [0.29, 0.717) is 31.6 Å². The number of carbonyl (C=O) groups is 2. The van der Waals surface area contributed by atoms with Crippen molar-refractivity contribution in [1.82, 2.24) is 9.88 Å². The highest BCUT2D eigenvalue weighted by molar-refractivity contribution is 6.32. The second-order valence-corrected chi connectivity index (χ2v) is 4.88. The van der Waals surface area contributed by atoms with E-state index in [9.17, 15) is 9.59 Å². The van der Waals surface area contributed by atoms with Crippen LogP contribution in [-0.4, -0.2) is 46.2 Å². The Bertz CT molecular complexity index is 517. The molecule has 1 aliphatic heterocycles. The number of anilines is 1. The third-order valence-electron chi connectivity index (χ3n) is 3.34. The van der Waals surface area contributed by atoms with E-state index in [4.69, 9.17) is 22.4 Å². The Balaban J connectivity index is 2.18. The van der Waals surface area contributed by atoms with E-state index in [1.165, 1.54) is 16.0 Å². The van der Waals surface area contributed by atoms with Crippen LogP contribution in [0.25, 0.3) is 0 Å². The van der Waals surface area contributed by atoms with Crippen LogP contribution in [0.5, 0.6) is 0 Å². The van der Waals surface area contributed by atoms with Gasteiger partial charge >= 0.3 is 12.1 Å². The van der Waals surface area contributed by atoms with E-state index in [1.54, 1.807) is 12.1 Å². The van der Waals surface area contributed by atoms with Crippen molar-refractivity contribution in [3.05, 3.63) is 23.5 Å². The predicted molar refractivity (Wildman–Crippen MR) is 73.9 cm³/mol. The minimum absolute atomic E-state index is 0.176. The summed E-state index contributed by atoms with van der Waals surface area (Å²) in [7, 11) is 0. The number of rotatable bonds is 2. The normalized spacial score (nSPS) is 15.9. The van der Waals surface area contributed by atoms with Crippen molar-refractivity contribution in [3.63, 3.8) is 0 Å². The zero-order valence-corrected chi connectivity index (χ0v) is 11.5. The third kappa shape index (κ3) is 2.93. The fourth-order valence-electron chi connectivity index (χ4n) is 2.37. The van der Waals surface area contributed by atoms with Gasteiger partial charge in [0.15, 0.2) is 5.15 Å². The van der Waals surface area contributed by atoms with E-state index >= 15 is 0 Å². The Morgan fingerprint density at radius 3 is 2.60 bits per heavy atom. The molecule has 1 aliphatic rings. The number of pyridine rings is 1. The molecule has 8 heteroatoms. The standard InChI is InChI=1S/C12H15ClN4O3/c13-10-9(2-1-5-15-10)17(11(14)18)8-3-6-16(7-4-8)12(19)20/h1-2,5,8H,3-4,6-7H2,(H2,14,18)(H,19,20). The van der Waals surface area contributed by atoms with Gasteiger partial charge < -0.3 is 15.7 Å². The van der Waals surface area contributed by atoms with Gasteiger partial charge in [-0.1, -0.05) is 11.6 Å². The number of urea groups is 1. The SMILES string of the molecule is NC(=O)N(c1cccnc1Cl)C1CCN(C(=O)O)CC1. The zero-order chi connectivity index (χ0) is 14.7. The number of aromatic nitrogens is 1. The lowest BCUT2D eigenvalue weighted by molar-refractivity contribution is 0.132. The molecule has 0 bridgehead atoms. The molecule has 0 saturated carbocycles. The van der Waals surface area contributed by atoms with Crippen molar-refractivity contribution >= 4 is 29.4 Å². The number of carboxylic acid groups (broad SMARTS) is 1. The fraction of sp³-hybridized carbons (Fsp3) is 0.417. The van der Waals surface area contributed by atoms with Crippen LogP contribution < -0.4 is 10.6 Å². The Hall–Kier alpha value is -2.02.